The van der Waals surface area contributed by atoms with Crippen LogP contribution in [-0.2, 0) is 16.1 Å². The summed E-state index contributed by atoms with van der Waals surface area (Å²) in [6, 6.07) is 8.76. The third kappa shape index (κ3) is 4.24. The third-order valence-electron chi connectivity index (χ3n) is 3.60. The number of rotatable bonds is 5. The summed E-state index contributed by atoms with van der Waals surface area (Å²) in [5.74, 6) is 0.126. The predicted octanol–water partition coefficient (Wildman–Crippen LogP) is 4.46. The van der Waals surface area contributed by atoms with E-state index in [0.29, 0.717) is 21.5 Å². The van der Waals surface area contributed by atoms with E-state index in [1.165, 1.54) is 0 Å². The molecule has 0 aliphatic heterocycles. The van der Waals surface area contributed by atoms with E-state index in [2.05, 4.69) is 4.98 Å². The molecule has 0 saturated carbocycles. The second kappa shape index (κ2) is 7.33. The highest BCUT2D eigenvalue weighted by Gasteiger charge is 2.18. The normalized spacial score (nSPS) is 12.2. The van der Waals surface area contributed by atoms with Gasteiger partial charge in [-0.1, -0.05) is 23.2 Å². The number of carbonyl (C=O) groups is 1. The first kappa shape index (κ1) is 17.6. The average molecular weight is 379 g/mol. The number of benzene rings is 1. The van der Waals surface area contributed by atoms with Gasteiger partial charge in [0, 0.05) is 17.4 Å². The van der Waals surface area contributed by atoms with Crippen molar-refractivity contribution in [2.24, 2.45) is 0 Å². The molecular weight excluding hydrogens is 363 g/mol. The SMILES string of the molecule is Cc1cc(Cl)ccc1OC(C)C(=O)OCc1cn2cc(Cl)ccc2n1. The minimum atomic E-state index is -0.744. The van der Waals surface area contributed by atoms with Crippen LogP contribution in [0.15, 0.2) is 42.7 Å². The molecule has 130 valence electrons. The van der Waals surface area contributed by atoms with Gasteiger partial charge in [0.15, 0.2) is 6.10 Å². The number of esters is 1. The number of aryl methyl sites for hydroxylation is 1. The number of imidazole rings is 1. The first-order valence-corrected chi connectivity index (χ1v) is 8.40. The fraction of sp³-hybridized carbons (Fsp3) is 0.222. The van der Waals surface area contributed by atoms with Crippen LogP contribution in [-0.4, -0.2) is 21.5 Å². The molecule has 0 aliphatic rings. The molecule has 0 aliphatic carbocycles. The largest absolute Gasteiger partial charge is 0.479 e. The van der Waals surface area contributed by atoms with Crippen LogP contribution in [0.3, 0.4) is 0 Å². The molecule has 5 nitrogen and oxygen atoms in total. The number of aromatic nitrogens is 2. The summed E-state index contributed by atoms with van der Waals surface area (Å²) >= 11 is 11.9. The Morgan fingerprint density at radius 3 is 2.72 bits per heavy atom. The van der Waals surface area contributed by atoms with E-state index in [0.717, 1.165) is 11.2 Å². The van der Waals surface area contributed by atoms with Crippen molar-refractivity contribution in [1.29, 1.82) is 0 Å². The van der Waals surface area contributed by atoms with Crippen LogP contribution in [0.2, 0.25) is 10.0 Å². The molecule has 0 saturated heterocycles. The van der Waals surface area contributed by atoms with Gasteiger partial charge >= 0.3 is 5.97 Å². The van der Waals surface area contributed by atoms with Crippen LogP contribution in [0.4, 0.5) is 0 Å². The summed E-state index contributed by atoms with van der Waals surface area (Å²) in [6.45, 7) is 3.56. The summed E-state index contributed by atoms with van der Waals surface area (Å²) < 4.78 is 12.7. The van der Waals surface area contributed by atoms with Crippen LogP contribution >= 0.6 is 23.2 Å². The lowest BCUT2D eigenvalue weighted by Gasteiger charge is -2.15. The van der Waals surface area contributed by atoms with Gasteiger partial charge in [-0.2, -0.15) is 0 Å². The second-order valence-corrected chi connectivity index (χ2v) is 6.50. The fourth-order valence-corrected chi connectivity index (χ4v) is 2.73. The Bertz CT molecular complexity index is 924. The molecular formula is C18H16Cl2N2O3. The van der Waals surface area contributed by atoms with E-state index in [9.17, 15) is 4.79 Å². The predicted molar refractivity (Wildman–Crippen MR) is 96.3 cm³/mol. The first-order chi connectivity index (χ1) is 11.9. The van der Waals surface area contributed by atoms with Gasteiger partial charge in [0.2, 0.25) is 0 Å². The zero-order valence-electron chi connectivity index (χ0n) is 13.7. The van der Waals surface area contributed by atoms with Crippen LogP contribution in [0.25, 0.3) is 5.65 Å². The smallest absolute Gasteiger partial charge is 0.347 e. The molecule has 0 radical (unpaired) electrons. The van der Waals surface area contributed by atoms with Gasteiger partial charge in [0.1, 0.15) is 18.0 Å². The number of ether oxygens (including phenoxy) is 2. The molecule has 0 spiro atoms. The summed E-state index contributed by atoms with van der Waals surface area (Å²) in [5, 5.41) is 1.22. The molecule has 0 amide bonds. The highest BCUT2D eigenvalue weighted by molar-refractivity contribution is 6.30. The lowest BCUT2D eigenvalue weighted by molar-refractivity contribution is -0.152. The average Bonchev–Trinajstić information content (AvgIpc) is 2.97. The fourth-order valence-electron chi connectivity index (χ4n) is 2.33. The van der Waals surface area contributed by atoms with Crippen molar-refractivity contribution in [2.75, 3.05) is 0 Å². The van der Waals surface area contributed by atoms with Crippen LogP contribution in [0, 0.1) is 6.92 Å². The minimum absolute atomic E-state index is 0.0609. The van der Waals surface area contributed by atoms with Gasteiger partial charge in [-0.05, 0) is 49.7 Å². The maximum absolute atomic E-state index is 12.1. The minimum Gasteiger partial charge on any atom is -0.479 e. The molecule has 2 aromatic heterocycles. The molecule has 3 aromatic rings. The number of halogens is 2. The summed E-state index contributed by atoms with van der Waals surface area (Å²) in [6.07, 6.45) is 2.76. The first-order valence-electron chi connectivity index (χ1n) is 7.65. The van der Waals surface area contributed by atoms with E-state index >= 15 is 0 Å². The maximum Gasteiger partial charge on any atom is 0.347 e. The van der Waals surface area contributed by atoms with Crippen molar-refractivity contribution >= 4 is 34.8 Å². The molecule has 25 heavy (non-hydrogen) atoms. The van der Waals surface area contributed by atoms with E-state index in [4.69, 9.17) is 32.7 Å². The number of nitrogens with zero attached hydrogens (tertiary/aromatic N) is 2. The number of carbonyl (C=O) groups excluding carboxylic acids is 1. The van der Waals surface area contributed by atoms with Crippen molar-refractivity contribution in [1.82, 2.24) is 9.38 Å². The van der Waals surface area contributed by atoms with E-state index in [-0.39, 0.29) is 6.61 Å². The monoisotopic (exact) mass is 378 g/mol. The van der Waals surface area contributed by atoms with Crippen LogP contribution in [0.5, 0.6) is 5.75 Å². The van der Waals surface area contributed by atoms with E-state index < -0.39 is 12.1 Å². The standard InChI is InChI=1S/C18H16Cl2N2O3/c1-11-7-13(19)3-5-16(11)25-12(2)18(23)24-10-15-9-22-8-14(20)4-6-17(22)21-15/h3-9,12H,10H2,1-2H3. The Hall–Kier alpha value is -2.24. The summed E-state index contributed by atoms with van der Waals surface area (Å²) in [4.78, 5) is 16.5. The van der Waals surface area contributed by atoms with Crippen molar-refractivity contribution in [3.63, 3.8) is 0 Å². The Morgan fingerprint density at radius 1 is 1.20 bits per heavy atom. The molecule has 0 N–H and O–H groups in total. The van der Waals surface area contributed by atoms with Crippen molar-refractivity contribution in [3.05, 3.63) is 64.0 Å². The van der Waals surface area contributed by atoms with Crippen molar-refractivity contribution in [2.45, 2.75) is 26.6 Å². The van der Waals surface area contributed by atoms with Gasteiger partial charge in [0.05, 0.1) is 10.7 Å². The summed E-state index contributed by atoms with van der Waals surface area (Å²) in [5.41, 5.74) is 2.21. The summed E-state index contributed by atoms with van der Waals surface area (Å²) in [7, 11) is 0. The third-order valence-corrected chi connectivity index (χ3v) is 4.06. The Balaban J connectivity index is 1.60. The molecule has 0 bridgehead atoms. The van der Waals surface area contributed by atoms with Crippen LogP contribution < -0.4 is 4.74 Å². The Labute approximate surface area is 155 Å². The van der Waals surface area contributed by atoms with Gasteiger partial charge < -0.3 is 13.9 Å². The second-order valence-electron chi connectivity index (χ2n) is 5.62. The van der Waals surface area contributed by atoms with Crippen molar-refractivity contribution < 1.29 is 14.3 Å². The van der Waals surface area contributed by atoms with Gasteiger partial charge in [0.25, 0.3) is 0 Å². The number of pyridine rings is 1. The zero-order valence-corrected chi connectivity index (χ0v) is 15.2. The van der Waals surface area contributed by atoms with Crippen molar-refractivity contribution in [3.8, 4) is 5.75 Å². The topological polar surface area (TPSA) is 52.8 Å². The van der Waals surface area contributed by atoms with E-state index in [1.54, 1.807) is 54.0 Å². The molecule has 1 aromatic carbocycles. The maximum atomic E-state index is 12.1. The molecule has 2 heterocycles. The molecule has 0 fully saturated rings. The molecule has 1 unspecified atom stereocenters. The van der Waals surface area contributed by atoms with Crippen LogP contribution in [0.1, 0.15) is 18.2 Å². The molecule has 3 rings (SSSR count). The number of hydrogen-bond donors (Lipinski definition) is 0. The highest BCUT2D eigenvalue weighted by atomic mass is 35.5. The lowest BCUT2D eigenvalue weighted by atomic mass is 10.2. The van der Waals surface area contributed by atoms with E-state index in [1.807, 2.05) is 6.92 Å². The lowest BCUT2D eigenvalue weighted by Crippen LogP contribution is -2.26. The Kier molecular flexibility index (Phi) is 5.16. The number of fused-ring (bicyclic) bond motifs is 1. The number of hydrogen-bond acceptors (Lipinski definition) is 4. The molecule has 7 heteroatoms. The zero-order chi connectivity index (χ0) is 18.0. The van der Waals surface area contributed by atoms with Gasteiger partial charge in [-0.25, -0.2) is 9.78 Å². The quantitative estimate of drug-likeness (QED) is 0.615. The molecule has 1 atom stereocenters. The van der Waals surface area contributed by atoms with Gasteiger partial charge in [-0.3, -0.25) is 0 Å². The van der Waals surface area contributed by atoms with Gasteiger partial charge in [-0.15, -0.1) is 0 Å². The highest BCUT2D eigenvalue weighted by Crippen LogP contribution is 2.23. The Morgan fingerprint density at radius 2 is 1.96 bits per heavy atom.